The third kappa shape index (κ3) is 3.57. The molecule has 1 aliphatic rings. The number of carbonyl (C=O) groups excluding carboxylic acids is 1. The number of imidazole rings is 1. The lowest BCUT2D eigenvalue weighted by Gasteiger charge is -2.27. The van der Waals surface area contributed by atoms with Crippen molar-refractivity contribution in [2.45, 2.75) is 26.8 Å². The van der Waals surface area contributed by atoms with Crippen LogP contribution in [0, 0.1) is 0 Å². The summed E-state index contributed by atoms with van der Waals surface area (Å²) in [5.74, 6) is 1.72. The molecule has 3 heterocycles. The second-order valence-electron chi connectivity index (χ2n) is 6.79. The molecule has 1 saturated heterocycles. The molecule has 0 bridgehead atoms. The van der Waals surface area contributed by atoms with Crippen LogP contribution in [0.25, 0.3) is 11.0 Å². The lowest BCUT2D eigenvalue weighted by molar-refractivity contribution is 0.102. The van der Waals surface area contributed by atoms with Crippen LogP contribution >= 0.6 is 0 Å². The molecule has 146 valence electrons. The summed E-state index contributed by atoms with van der Waals surface area (Å²) in [5.41, 5.74) is 3.33. The van der Waals surface area contributed by atoms with Crippen molar-refractivity contribution in [1.29, 1.82) is 0 Å². The summed E-state index contributed by atoms with van der Waals surface area (Å²) in [6.45, 7) is 8.04. The van der Waals surface area contributed by atoms with Crippen molar-refractivity contribution in [1.82, 2.24) is 14.5 Å². The van der Waals surface area contributed by atoms with E-state index in [1.54, 1.807) is 12.3 Å². The minimum absolute atomic E-state index is 0.151. The van der Waals surface area contributed by atoms with Crippen molar-refractivity contribution in [3.8, 4) is 0 Å². The van der Waals surface area contributed by atoms with E-state index in [4.69, 9.17) is 9.72 Å². The van der Waals surface area contributed by atoms with Crippen LogP contribution in [-0.4, -0.2) is 46.7 Å². The van der Waals surface area contributed by atoms with Gasteiger partial charge in [0.05, 0.1) is 24.2 Å². The summed E-state index contributed by atoms with van der Waals surface area (Å²) in [5, 5.41) is 2.99. The van der Waals surface area contributed by atoms with E-state index in [1.165, 1.54) is 0 Å². The van der Waals surface area contributed by atoms with E-state index < -0.39 is 0 Å². The number of morpholine rings is 1. The Kier molecular flexibility index (Phi) is 5.25. The summed E-state index contributed by atoms with van der Waals surface area (Å²) in [6, 6.07) is 9.45. The number of rotatable bonds is 5. The lowest BCUT2D eigenvalue weighted by Crippen LogP contribution is -2.36. The molecule has 1 fully saturated rings. The Morgan fingerprint density at radius 3 is 2.75 bits per heavy atom. The van der Waals surface area contributed by atoms with Gasteiger partial charge in [-0.05, 0) is 37.3 Å². The Labute approximate surface area is 164 Å². The molecule has 1 aliphatic heterocycles. The monoisotopic (exact) mass is 379 g/mol. The summed E-state index contributed by atoms with van der Waals surface area (Å²) in [4.78, 5) is 24.0. The second kappa shape index (κ2) is 7.98. The number of nitrogens with one attached hydrogen (secondary N) is 1. The van der Waals surface area contributed by atoms with Gasteiger partial charge >= 0.3 is 0 Å². The van der Waals surface area contributed by atoms with Crippen LogP contribution in [0.2, 0.25) is 0 Å². The fraction of sp³-hybridized carbons (Fsp3) is 0.381. The Morgan fingerprint density at radius 2 is 2.00 bits per heavy atom. The molecular formula is C21H25N5O2. The van der Waals surface area contributed by atoms with Crippen LogP contribution < -0.4 is 10.2 Å². The zero-order valence-corrected chi connectivity index (χ0v) is 16.3. The molecule has 7 heteroatoms. The minimum Gasteiger partial charge on any atom is -0.378 e. The highest BCUT2D eigenvalue weighted by molar-refractivity contribution is 6.05. The van der Waals surface area contributed by atoms with Gasteiger partial charge in [-0.15, -0.1) is 0 Å². The number of anilines is 2. The van der Waals surface area contributed by atoms with E-state index in [1.807, 2.05) is 24.3 Å². The fourth-order valence-corrected chi connectivity index (χ4v) is 3.61. The van der Waals surface area contributed by atoms with Crippen LogP contribution in [0.15, 0.2) is 36.5 Å². The van der Waals surface area contributed by atoms with Crippen molar-refractivity contribution in [2.24, 2.45) is 0 Å². The zero-order valence-electron chi connectivity index (χ0n) is 16.3. The number of nitrogens with zero attached hydrogens (tertiary/aromatic N) is 4. The van der Waals surface area contributed by atoms with Crippen LogP contribution in [0.4, 0.5) is 11.5 Å². The lowest BCUT2D eigenvalue weighted by atomic mass is 10.2. The number of hydrogen-bond donors (Lipinski definition) is 1. The van der Waals surface area contributed by atoms with Crippen LogP contribution in [0.5, 0.6) is 0 Å². The topological polar surface area (TPSA) is 72.3 Å². The van der Waals surface area contributed by atoms with E-state index >= 15 is 0 Å². The largest absolute Gasteiger partial charge is 0.378 e. The predicted molar refractivity (Wildman–Crippen MR) is 110 cm³/mol. The van der Waals surface area contributed by atoms with Crippen molar-refractivity contribution < 1.29 is 9.53 Å². The molecule has 0 aliphatic carbocycles. The Balaban J connectivity index is 1.55. The molecular weight excluding hydrogens is 354 g/mol. The average molecular weight is 379 g/mol. The van der Waals surface area contributed by atoms with Crippen molar-refractivity contribution in [2.75, 3.05) is 36.5 Å². The molecule has 1 aromatic carbocycles. The molecule has 0 saturated carbocycles. The van der Waals surface area contributed by atoms with E-state index in [2.05, 4.69) is 33.6 Å². The number of ether oxygens (including phenoxy) is 1. The fourth-order valence-electron chi connectivity index (χ4n) is 3.61. The number of benzene rings is 1. The molecule has 3 aromatic rings. The van der Waals surface area contributed by atoms with Crippen LogP contribution in [-0.2, 0) is 17.7 Å². The maximum Gasteiger partial charge on any atom is 0.255 e. The van der Waals surface area contributed by atoms with Gasteiger partial charge in [-0.3, -0.25) is 4.79 Å². The second-order valence-corrected chi connectivity index (χ2v) is 6.79. The first-order valence-electron chi connectivity index (χ1n) is 9.79. The number of fused-ring (bicyclic) bond motifs is 1. The minimum atomic E-state index is -0.151. The first-order chi connectivity index (χ1) is 13.7. The maximum absolute atomic E-state index is 12.8. The molecule has 1 amide bonds. The van der Waals surface area contributed by atoms with Gasteiger partial charge in [-0.25, -0.2) is 9.97 Å². The van der Waals surface area contributed by atoms with Gasteiger partial charge in [0.15, 0.2) is 0 Å². The third-order valence-electron chi connectivity index (χ3n) is 5.06. The molecule has 1 N–H and O–H groups in total. The quantitative estimate of drug-likeness (QED) is 0.737. The number of carbonyl (C=O) groups is 1. The van der Waals surface area contributed by atoms with Crippen molar-refractivity contribution >= 4 is 28.4 Å². The average Bonchev–Trinajstić information content (AvgIpc) is 3.11. The number of hydrogen-bond acceptors (Lipinski definition) is 5. The van der Waals surface area contributed by atoms with Gasteiger partial charge < -0.3 is 19.5 Å². The number of pyridine rings is 1. The zero-order chi connectivity index (χ0) is 19.5. The first-order valence-corrected chi connectivity index (χ1v) is 9.79. The van der Waals surface area contributed by atoms with E-state index in [9.17, 15) is 4.79 Å². The summed E-state index contributed by atoms with van der Waals surface area (Å²) >= 11 is 0. The molecule has 2 aromatic heterocycles. The van der Waals surface area contributed by atoms with Gasteiger partial charge in [-0.2, -0.15) is 0 Å². The molecule has 0 radical (unpaired) electrons. The van der Waals surface area contributed by atoms with Crippen LogP contribution in [0.3, 0.4) is 0 Å². The number of aryl methyl sites for hydroxylation is 2. The van der Waals surface area contributed by atoms with Crippen LogP contribution in [0.1, 0.15) is 30.0 Å². The normalized spacial score (nSPS) is 14.4. The summed E-state index contributed by atoms with van der Waals surface area (Å²) < 4.78 is 7.59. The Hall–Kier alpha value is -2.93. The first kappa shape index (κ1) is 18.4. The Morgan fingerprint density at radius 1 is 1.18 bits per heavy atom. The molecule has 0 spiro atoms. The molecule has 0 atom stereocenters. The predicted octanol–water partition coefficient (Wildman–Crippen LogP) is 3.10. The maximum atomic E-state index is 12.8. The molecule has 28 heavy (non-hydrogen) atoms. The third-order valence-corrected chi connectivity index (χ3v) is 5.06. The number of amides is 1. The van der Waals surface area contributed by atoms with Crippen molar-refractivity contribution in [3.63, 3.8) is 0 Å². The summed E-state index contributed by atoms with van der Waals surface area (Å²) in [7, 11) is 0. The van der Waals surface area contributed by atoms with Gasteiger partial charge in [0.1, 0.15) is 11.6 Å². The van der Waals surface area contributed by atoms with Gasteiger partial charge in [-0.1, -0.05) is 6.92 Å². The molecule has 4 rings (SSSR count). The van der Waals surface area contributed by atoms with Gasteiger partial charge in [0.2, 0.25) is 0 Å². The van der Waals surface area contributed by atoms with E-state index in [0.29, 0.717) is 18.8 Å². The molecule has 7 nitrogen and oxygen atoms in total. The van der Waals surface area contributed by atoms with Crippen molar-refractivity contribution in [3.05, 3.63) is 47.9 Å². The van der Waals surface area contributed by atoms with Gasteiger partial charge in [0, 0.05) is 43.5 Å². The Bertz CT molecular complexity index is 992. The van der Waals surface area contributed by atoms with E-state index in [0.717, 1.165) is 54.4 Å². The highest BCUT2D eigenvalue weighted by atomic mass is 16.5. The smallest absolute Gasteiger partial charge is 0.255 e. The highest BCUT2D eigenvalue weighted by Gasteiger charge is 2.15. The SMILES string of the molecule is CCc1nc2cc(NC(=O)c3ccnc(N4CCOCC4)c3)ccc2n1CC. The van der Waals surface area contributed by atoms with E-state index in [-0.39, 0.29) is 5.91 Å². The standard InChI is InChI=1S/C21H25N5O2/c1-3-19-24-17-14-16(5-6-18(17)26(19)4-2)23-21(27)15-7-8-22-20(13-15)25-9-11-28-12-10-25/h5-8,13-14H,3-4,9-12H2,1-2H3,(H,23,27). The highest BCUT2D eigenvalue weighted by Crippen LogP contribution is 2.22. The number of aromatic nitrogens is 3. The summed E-state index contributed by atoms with van der Waals surface area (Å²) in [6.07, 6.45) is 2.56. The molecule has 0 unspecified atom stereocenters. The van der Waals surface area contributed by atoms with Gasteiger partial charge in [0.25, 0.3) is 5.91 Å².